The van der Waals surface area contributed by atoms with Crippen LogP contribution >= 0.6 is 0 Å². The number of nitrogens with one attached hydrogen (secondary N) is 2. The number of ether oxygens (including phenoxy) is 3. The summed E-state index contributed by atoms with van der Waals surface area (Å²) in [6.45, 7) is 13.0. The van der Waals surface area contributed by atoms with Gasteiger partial charge in [-0.15, -0.1) is 0 Å². The molecule has 232 valence electrons. The second kappa shape index (κ2) is 13.9. The molecule has 0 aliphatic carbocycles. The molecule has 1 saturated heterocycles. The number of aryl methyl sites for hydroxylation is 1. The van der Waals surface area contributed by atoms with Crippen LogP contribution in [0.15, 0.2) is 66.9 Å². The molecular weight excluding hydrogens is 563 g/mol. The van der Waals surface area contributed by atoms with Gasteiger partial charge in [-0.2, -0.15) is 5.10 Å². The first-order valence-corrected chi connectivity index (χ1v) is 14.8. The smallest absolute Gasteiger partial charge is 0.324 e. The number of nitrogens with zero attached hydrogens (tertiary/aromatic N) is 4. The van der Waals surface area contributed by atoms with Crippen LogP contribution < -0.4 is 20.1 Å². The van der Waals surface area contributed by atoms with Crippen LogP contribution in [-0.4, -0.2) is 65.2 Å². The minimum Gasteiger partial charge on any atom is -0.493 e. The maximum atomic E-state index is 14.9. The molecule has 0 saturated carbocycles. The van der Waals surface area contributed by atoms with E-state index in [1.165, 1.54) is 12.1 Å². The summed E-state index contributed by atoms with van der Waals surface area (Å²) in [6.07, 6.45) is 2.52. The van der Waals surface area contributed by atoms with Gasteiger partial charge in [0.2, 0.25) is 0 Å². The molecule has 0 bridgehead atoms. The summed E-state index contributed by atoms with van der Waals surface area (Å²) in [7, 11) is 0. The number of halogens is 1. The number of pyridine rings is 1. The second-order valence-electron chi connectivity index (χ2n) is 11.7. The Morgan fingerprint density at radius 2 is 1.80 bits per heavy atom. The molecule has 2 N–H and O–H groups in total. The summed E-state index contributed by atoms with van der Waals surface area (Å²) >= 11 is 0. The van der Waals surface area contributed by atoms with Crippen molar-refractivity contribution in [3.8, 4) is 22.9 Å². The van der Waals surface area contributed by atoms with Crippen molar-refractivity contribution >= 4 is 17.5 Å². The zero-order valence-electron chi connectivity index (χ0n) is 25.6. The maximum Gasteiger partial charge on any atom is 0.324 e. The van der Waals surface area contributed by atoms with Gasteiger partial charge in [-0.05, 0) is 43.7 Å². The van der Waals surface area contributed by atoms with Crippen molar-refractivity contribution in [3.63, 3.8) is 0 Å². The van der Waals surface area contributed by atoms with Gasteiger partial charge in [-0.1, -0.05) is 26.8 Å². The van der Waals surface area contributed by atoms with E-state index < -0.39 is 11.8 Å². The molecule has 0 atom stereocenters. The van der Waals surface area contributed by atoms with E-state index in [1.54, 1.807) is 29.1 Å². The Morgan fingerprint density at radius 3 is 2.55 bits per heavy atom. The molecule has 2 amide bonds. The highest BCUT2D eigenvalue weighted by Crippen LogP contribution is 2.29. The Morgan fingerprint density at radius 1 is 1.00 bits per heavy atom. The van der Waals surface area contributed by atoms with Gasteiger partial charge in [0, 0.05) is 61.2 Å². The molecule has 1 fully saturated rings. The fraction of sp³-hybridized carbons (Fsp3) is 0.364. The Kier molecular flexibility index (Phi) is 9.76. The van der Waals surface area contributed by atoms with Gasteiger partial charge in [-0.3, -0.25) is 15.2 Å². The van der Waals surface area contributed by atoms with Crippen molar-refractivity contribution in [1.82, 2.24) is 19.7 Å². The summed E-state index contributed by atoms with van der Waals surface area (Å²) in [5.41, 5.74) is 2.02. The van der Waals surface area contributed by atoms with E-state index in [4.69, 9.17) is 19.3 Å². The highest BCUT2D eigenvalue weighted by atomic mass is 19.1. The number of hydrogen-bond acceptors (Lipinski definition) is 7. The second-order valence-corrected chi connectivity index (χ2v) is 11.7. The molecule has 0 radical (unpaired) electrons. The highest BCUT2D eigenvalue weighted by Gasteiger charge is 2.22. The van der Waals surface area contributed by atoms with Crippen molar-refractivity contribution in [3.05, 3.63) is 84.1 Å². The number of anilines is 2. The third kappa shape index (κ3) is 8.33. The normalized spacial score (nSPS) is 13.8. The Bertz CT molecular complexity index is 1580. The molecular formula is C33H39FN6O4. The predicted molar refractivity (Wildman–Crippen MR) is 168 cm³/mol. The van der Waals surface area contributed by atoms with Crippen LogP contribution in [0.1, 0.15) is 38.6 Å². The van der Waals surface area contributed by atoms with Gasteiger partial charge in [-0.25, -0.2) is 13.9 Å². The van der Waals surface area contributed by atoms with E-state index in [9.17, 15) is 9.18 Å². The number of benzene rings is 2. The van der Waals surface area contributed by atoms with Gasteiger partial charge in [0.1, 0.15) is 28.9 Å². The van der Waals surface area contributed by atoms with E-state index in [1.807, 2.05) is 58.0 Å². The molecule has 1 aliphatic heterocycles. The topological polar surface area (TPSA) is 103 Å². The van der Waals surface area contributed by atoms with E-state index in [-0.39, 0.29) is 11.1 Å². The van der Waals surface area contributed by atoms with E-state index in [2.05, 4.69) is 20.5 Å². The molecule has 44 heavy (non-hydrogen) atoms. The highest BCUT2D eigenvalue weighted by molar-refractivity contribution is 5.99. The van der Waals surface area contributed by atoms with Crippen LogP contribution in [0.5, 0.6) is 17.2 Å². The minimum absolute atomic E-state index is 0.00958. The molecule has 2 aromatic carbocycles. The largest absolute Gasteiger partial charge is 0.493 e. The van der Waals surface area contributed by atoms with Crippen LogP contribution in [0.25, 0.3) is 5.69 Å². The minimum atomic E-state index is -0.634. The number of aromatic nitrogens is 3. The Labute approximate surface area is 257 Å². The van der Waals surface area contributed by atoms with Crippen molar-refractivity contribution < 1.29 is 23.4 Å². The van der Waals surface area contributed by atoms with Gasteiger partial charge in [0.05, 0.1) is 36.9 Å². The van der Waals surface area contributed by atoms with Gasteiger partial charge < -0.3 is 19.5 Å². The molecule has 4 aromatic rings. The Balaban J connectivity index is 1.26. The SMILES string of the molecule is Cc1cc(Oc2ccc(NC(=O)Nc3cc(C(C)(C)C)nn3-c3cccc(OCCCN4CCOCC4)c3)c(F)c2)ccn1. The first-order chi connectivity index (χ1) is 21.1. The van der Waals surface area contributed by atoms with Crippen LogP contribution in [0.3, 0.4) is 0 Å². The number of rotatable bonds is 10. The van der Waals surface area contributed by atoms with Crippen molar-refractivity contribution in [2.24, 2.45) is 0 Å². The van der Waals surface area contributed by atoms with Crippen LogP contribution in [0.4, 0.5) is 20.7 Å². The number of hydrogen-bond donors (Lipinski definition) is 2. The average molecular weight is 603 g/mol. The standard InChI is InChI=1S/C33H39FN6O4/c1-23-19-27(11-12-35-23)44-26-9-10-29(28(34)21-26)36-32(41)37-31-22-30(33(2,3)4)38-40(31)24-7-5-8-25(20-24)43-16-6-13-39-14-17-42-18-15-39/h5,7-12,19-22H,6,13-18H2,1-4H3,(H2,36,37,41). The number of urea groups is 1. The Hall–Kier alpha value is -4.48. The third-order valence-corrected chi connectivity index (χ3v) is 7.07. The first-order valence-electron chi connectivity index (χ1n) is 14.8. The lowest BCUT2D eigenvalue weighted by Crippen LogP contribution is -2.37. The number of carbonyl (C=O) groups is 1. The van der Waals surface area contributed by atoms with Crippen molar-refractivity contribution in [2.75, 3.05) is 50.1 Å². The lowest BCUT2D eigenvalue weighted by molar-refractivity contribution is 0.0358. The number of carbonyl (C=O) groups excluding carboxylic acids is 1. The van der Waals surface area contributed by atoms with Crippen molar-refractivity contribution in [2.45, 2.75) is 39.5 Å². The molecule has 0 unspecified atom stereocenters. The monoisotopic (exact) mass is 602 g/mol. The molecule has 2 aromatic heterocycles. The summed E-state index contributed by atoms with van der Waals surface area (Å²) in [6, 6.07) is 16.5. The van der Waals surface area contributed by atoms with E-state index in [0.29, 0.717) is 29.7 Å². The lowest BCUT2D eigenvalue weighted by atomic mass is 9.92. The van der Waals surface area contributed by atoms with Crippen LogP contribution in [-0.2, 0) is 10.2 Å². The zero-order valence-corrected chi connectivity index (χ0v) is 25.6. The summed E-state index contributed by atoms with van der Waals surface area (Å²) < 4.78 is 33.8. The van der Waals surface area contributed by atoms with Gasteiger partial charge in [0.15, 0.2) is 0 Å². The summed E-state index contributed by atoms with van der Waals surface area (Å²) in [5.74, 6) is 1.35. The lowest BCUT2D eigenvalue weighted by Gasteiger charge is -2.26. The molecule has 0 spiro atoms. The summed E-state index contributed by atoms with van der Waals surface area (Å²) in [4.78, 5) is 19.6. The first kappa shape index (κ1) is 31.0. The molecule has 10 nitrogen and oxygen atoms in total. The molecule has 1 aliphatic rings. The van der Waals surface area contributed by atoms with Gasteiger partial charge >= 0.3 is 6.03 Å². The van der Waals surface area contributed by atoms with Gasteiger partial charge in [0.25, 0.3) is 0 Å². The number of morpholine rings is 1. The van der Waals surface area contributed by atoms with Crippen molar-refractivity contribution in [1.29, 1.82) is 0 Å². The fourth-order valence-corrected chi connectivity index (χ4v) is 4.69. The van der Waals surface area contributed by atoms with Crippen LogP contribution in [0, 0.1) is 12.7 Å². The maximum absolute atomic E-state index is 14.9. The van der Waals surface area contributed by atoms with E-state index in [0.717, 1.165) is 56.3 Å². The average Bonchev–Trinajstić information content (AvgIpc) is 3.42. The summed E-state index contributed by atoms with van der Waals surface area (Å²) in [5, 5.41) is 10.2. The molecule has 11 heteroatoms. The third-order valence-electron chi connectivity index (χ3n) is 7.07. The van der Waals surface area contributed by atoms with E-state index >= 15 is 0 Å². The molecule has 3 heterocycles. The molecule has 5 rings (SSSR count). The quantitative estimate of drug-likeness (QED) is 0.199. The number of amides is 2. The fourth-order valence-electron chi connectivity index (χ4n) is 4.69. The zero-order chi connectivity index (χ0) is 31.1. The van der Waals surface area contributed by atoms with Crippen LogP contribution in [0.2, 0.25) is 0 Å². The predicted octanol–water partition coefficient (Wildman–Crippen LogP) is 6.55.